The summed E-state index contributed by atoms with van der Waals surface area (Å²) in [5, 5.41) is 10.0. The van der Waals surface area contributed by atoms with Crippen LogP contribution in [0, 0.1) is 0 Å². The van der Waals surface area contributed by atoms with Crippen molar-refractivity contribution >= 4 is 0 Å². The van der Waals surface area contributed by atoms with E-state index >= 15 is 0 Å². The lowest BCUT2D eigenvalue weighted by Gasteiger charge is -2.16. The molecule has 2 atom stereocenters. The Hall–Kier alpha value is -1.10. The third kappa shape index (κ3) is 5.04. The van der Waals surface area contributed by atoms with Crippen LogP contribution >= 0.6 is 0 Å². The highest BCUT2D eigenvalue weighted by atomic mass is 16.5. The maximum atomic E-state index is 10.0. The van der Waals surface area contributed by atoms with Crippen LogP contribution in [0.1, 0.15) is 31.4 Å². The minimum atomic E-state index is -0.535. The quantitative estimate of drug-likeness (QED) is 0.742. The van der Waals surface area contributed by atoms with Gasteiger partial charge in [0.05, 0.1) is 12.7 Å². The second-order valence-electron chi connectivity index (χ2n) is 4.30. The van der Waals surface area contributed by atoms with Crippen molar-refractivity contribution in [3.63, 3.8) is 0 Å². The predicted molar refractivity (Wildman–Crippen MR) is 71.7 cm³/mol. The minimum absolute atomic E-state index is 0.0495. The summed E-state index contributed by atoms with van der Waals surface area (Å²) >= 11 is 0. The highest BCUT2D eigenvalue weighted by Crippen LogP contribution is 2.21. The lowest BCUT2D eigenvalue weighted by Crippen LogP contribution is -2.24. The molecular formula is C14H23NO3. The van der Waals surface area contributed by atoms with Crippen molar-refractivity contribution in [2.75, 3.05) is 20.3 Å². The van der Waals surface area contributed by atoms with Gasteiger partial charge in [-0.15, -0.1) is 0 Å². The molecule has 0 radical (unpaired) electrons. The second kappa shape index (κ2) is 8.08. The van der Waals surface area contributed by atoms with E-state index < -0.39 is 6.10 Å². The molecular weight excluding hydrogens is 230 g/mol. The van der Waals surface area contributed by atoms with E-state index in [-0.39, 0.29) is 6.04 Å². The molecule has 1 aromatic carbocycles. The number of ether oxygens (including phenoxy) is 2. The van der Waals surface area contributed by atoms with E-state index in [4.69, 9.17) is 15.2 Å². The van der Waals surface area contributed by atoms with Gasteiger partial charge in [0.25, 0.3) is 0 Å². The van der Waals surface area contributed by atoms with Gasteiger partial charge in [0.2, 0.25) is 0 Å². The monoisotopic (exact) mass is 253 g/mol. The first-order valence-electron chi connectivity index (χ1n) is 6.32. The molecule has 0 fully saturated rings. The van der Waals surface area contributed by atoms with Crippen LogP contribution in [-0.4, -0.2) is 31.5 Å². The Balaban J connectivity index is 2.47. The summed E-state index contributed by atoms with van der Waals surface area (Å²) < 4.78 is 10.3. The molecule has 1 aromatic rings. The van der Waals surface area contributed by atoms with Gasteiger partial charge in [0, 0.05) is 19.8 Å². The number of nitrogens with two attached hydrogens (primary N) is 1. The molecule has 2 unspecified atom stereocenters. The van der Waals surface area contributed by atoms with Crippen LogP contribution in [-0.2, 0) is 4.74 Å². The van der Waals surface area contributed by atoms with Crippen LogP contribution in [0.3, 0.4) is 0 Å². The molecule has 0 aliphatic heterocycles. The van der Waals surface area contributed by atoms with Crippen molar-refractivity contribution in [2.24, 2.45) is 5.73 Å². The van der Waals surface area contributed by atoms with Gasteiger partial charge in [-0.2, -0.15) is 0 Å². The first-order chi connectivity index (χ1) is 8.67. The summed E-state index contributed by atoms with van der Waals surface area (Å²) in [7, 11) is 1.65. The van der Waals surface area contributed by atoms with Crippen LogP contribution in [0.25, 0.3) is 0 Å². The molecule has 0 amide bonds. The standard InChI is InChI=1S/C14H23NO3/c1-3-18-13-6-4-11(5-7-13)14(16)10-12(15)8-9-17-2/h4-7,12,14,16H,3,8-10,15H2,1-2H3. The van der Waals surface area contributed by atoms with Gasteiger partial charge >= 0.3 is 0 Å². The number of hydrogen-bond donors (Lipinski definition) is 2. The molecule has 0 spiro atoms. The Kier molecular flexibility index (Phi) is 6.72. The lowest BCUT2D eigenvalue weighted by molar-refractivity contribution is 0.141. The number of methoxy groups -OCH3 is 1. The minimum Gasteiger partial charge on any atom is -0.494 e. The largest absolute Gasteiger partial charge is 0.494 e. The fourth-order valence-electron chi connectivity index (χ4n) is 1.76. The van der Waals surface area contributed by atoms with E-state index in [1.807, 2.05) is 31.2 Å². The SMILES string of the molecule is CCOc1ccc(C(O)CC(N)CCOC)cc1. The normalized spacial score (nSPS) is 14.2. The van der Waals surface area contributed by atoms with Gasteiger partial charge in [-0.25, -0.2) is 0 Å². The van der Waals surface area contributed by atoms with Crippen molar-refractivity contribution < 1.29 is 14.6 Å². The summed E-state index contributed by atoms with van der Waals surface area (Å²) in [6.45, 7) is 3.21. The van der Waals surface area contributed by atoms with E-state index in [2.05, 4.69) is 0 Å². The number of aliphatic hydroxyl groups excluding tert-OH is 1. The van der Waals surface area contributed by atoms with Crippen LogP contribution in [0.15, 0.2) is 24.3 Å². The Morgan fingerprint density at radius 1 is 1.28 bits per heavy atom. The predicted octanol–water partition coefficient (Wildman–Crippen LogP) is 1.87. The van der Waals surface area contributed by atoms with Gasteiger partial charge in [-0.3, -0.25) is 0 Å². The summed E-state index contributed by atoms with van der Waals surface area (Å²) in [5.74, 6) is 0.817. The average molecular weight is 253 g/mol. The molecule has 0 aliphatic carbocycles. The van der Waals surface area contributed by atoms with E-state index in [1.54, 1.807) is 7.11 Å². The third-order valence-electron chi connectivity index (χ3n) is 2.79. The molecule has 0 saturated heterocycles. The molecule has 1 rings (SSSR count). The van der Waals surface area contributed by atoms with Crippen LogP contribution in [0.5, 0.6) is 5.75 Å². The molecule has 0 saturated carbocycles. The van der Waals surface area contributed by atoms with Crippen LogP contribution in [0.2, 0.25) is 0 Å². The first kappa shape index (κ1) is 15.0. The van der Waals surface area contributed by atoms with E-state index in [9.17, 15) is 5.11 Å². The van der Waals surface area contributed by atoms with E-state index in [0.717, 1.165) is 17.7 Å². The number of hydrogen-bond acceptors (Lipinski definition) is 4. The van der Waals surface area contributed by atoms with Crippen molar-refractivity contribution in [1.82, 2.24) is 0 Å². The van der Waals surface area contributed by atoms with Gasteiger partial charge in [-0.1, -0.05) is 12.1 Å². The van der Waals surface area contributed by atoms with Gasteiger partial charge in [0.1, 0.15) is 5.75 Å². The fraction of sp³-hybridized carbons (Fsp3) is 0.571. The smallest absolute Gasteiger partial charge is 0.119 e. The highest BCUT2D eigenvalue weighted by Gasteiger charge is 2.12. The number of aliphatic hydroxyl groups is 1. The Morgan fingerprint density at radius 2 is 1.94 bits per heavy atom. The Labute approximate surface area is 109 Å². The third-order valence-corrected chi connectivity index (χ3v) is 2.79. The summed E-state index contributed by atoms with van der Waals surface area (Å²) in [5.41, 5.74) is 6.78. The molecule has 0 heterocycles. The van der Waals surface area contributed by atoms with Crippen molar-refractivity contribution in [1.29, 1.82) is 0 Å². The van der Waals surface area contributed by atoms with Gasteiger partial charge in [-0.05, 0) is 37.5 Å². The highest BCUT2D eigenvalue weighted by molar-refractivity contribution is 5.28. The molecule has 3 N–H and O–H groups in total. The molecule has 4 nitrogen and oxygen atoms in total. The van der Waals surface area contributed by atoms with Gasteiger partial charge in [0.15, 0.2) is 0 Å². The zero-order chi connectivity index (χ0) is 13.4. The molecule has 0 aliphatic rings. The molecule has 0 aromatic heterocycles. The maximum absolute atomic E-state index is 10.0. The van der Waals surface area contributed by atoms with Crippen molar-refractivity contribution in [2.45, 2.75) is 31.9 Å². The van der Waals surface area contributed by atoms with Crippen LogP contribution < -0.4 is 10.5 Å². The van der Waals surface area contributed by atoms with Crippen molar-refractivity contribution in [3.05, 3.63) is 29.8 Å². The summed E-state index contributed by atoms with van der Waals surface area (Å²) in [4.78, 5) is 0. The molecule has 0 bridgehead atoms. The number of rotatable bonds is 8. The van der Waals surface area contributed by atoms with E-state index in [0.29, 0.717) is 19.6 Å². The van der Waals surface area contributed by atoms with Crippen LogP contribution in [0.4, 0.5) is 0 Å². The lowest BCUT2D eigenvalue weighted by atomic mass is 10.0. The molecule has 102 valence electrons. The number of benzene rings is 1. The van der Waals surface area contributed by atoms with Gasteiger partial charge < -0.3 is 20.3 Å². The maximum Gasteiger partial charge on any atom is 0.119 e. The second-order valence-corrected chi connectivity index (χ2v) is 4.30. The average Bonchev–Trinajstić information content (AvgIpc) is 2.37. The topological polar surface area (TPSA) is 64.7 Å². The Morgan fingerprint density at radius 3 is 2.50 bits per heavy atom. The summed E-state index contributed by atoms with van der Waals surface area (Å²) in [6.07, 6.45) is 0.759. The fourth-order valence-corrected chi connectivity index (χ4v) is 1.76. The van der Waals surface area contributed by atoms with Crippen molar-refractivity contribution in [3.8, 4) is 5.75 Å². The Bertz CT molecular complexity index is 326. The molecule has 4 heteroatoms. The zero-order valence-corrected chi connectivity index (χ0v) is 11.1. The first-order valence-corrected chi connectivity index (χ1v) is 6.32. The zero-order valence-electron chi connectivity index (χ0n) is 11.1. The molecule has 18 heavy (non-hydrogen) atoms. The summed E-state index contributed by atoms with van der Waals surface area (Å²) in [6, 6.07) is 7.43. The van der Waals surface area contributed by atoms with E-state index in [1.165, 1.54) is 0 Å².